The van der Waals surface area contributed by atoms with Crippen molar-refractivity contribution in [1.29, 1.82) is 0 Å². The van der Waals surface area contributed by atoms with Gasteiger partial charge in [-0.3, -0.25) is 4.40 Å². The third-order valence-corrected chi connectivity index (χ3v) is 5.57. The van der Waals surface area contributed by atoms with Crippen LogP contribution in [0.4, 0.5) is 20.3 Å². The topological polar surface area (TPSA) is 46.4 Å². The number of rotatable bonds is 5. The summed E-state index contributed by atoms with van der Waals surface area (Å²) in [5.41, 5.74) is 2.72. The lowest BCUT2D eigenvalue weighted by molar-refractivity contribution is -0.107. The number of thiazole rings is 1. The van der Waals surface area contributed by atoms with E-state index in [1.165, 1.54) is 23.5 Å². The highest BCUT2D eigenvalue weighted by molar-refractivity contribution is 7.15. The molecule has 4 nitrogen and oxygen atoms in total. The van der Waals surface area contributed by atoms with E-state index in [1.54, 1.807) is 10.5 Å². The van der Waals surface area contributed by atoms with Crippen molar-refractivity contribution in [2.75, 3.05) is 5.32 Å². The lowest BCUT2D eigenvalue weighted by Gasteiger charge is -2.13. The van der Waals surface area contributed by atoms with Crippen LogP contribution in [0.25, 0.3) is 16.2 Å². The number of hydrogen-bond donors (Lipinski definition) is 1. The van der Waals surface area contributed by atoms with Crippen LogP contribution in [0.1, 0.15) is 11.3 Å². The summed E-state index contributed by atoms with van der Waals surface area (Å²) in [7, 11) is 0. The van der Waals surface area contributed by atoms with Crippen LogP contribution in [0.3, 0.4) is 0 Å². The molecule has 0 aliphatic carbocycles. The molecule has 0 spiro atoms. The largest absolute Gasteiger partial charge is 0.338 e. The number of halogens is 3. The minimum absolute atomic E-state index is 0.154. The number of anilines is 2. The van der Waals surface area contributed by atoms with Crippen molar-refractivity contribution in [2.45, 2.75) is 13.3 Å². The van der Waals surface area contributed by atoms with E-state index in [1.807, 2.05) is 24.4 Å². The third-order valence-electron chi connectivity index (χ3n) is 4.38. The highest BCUT2D eigenvalue weighted by atomic mass is 35.5. The van der Waals surface area contributed by atoms with Crippen LogP contribution < -0.4 is 5.32 Å². The highest BCUT2D eigenvalue weighted by Crippen LogP contribution is 2.38. The molecule has 2 aromatic carbocycles. The van der Waals surface area contributed by atoms with Gasteiger partial charge in [-0.05, 0) is 30.7 Å². The van der Waals surface area contributed by atoms with E-state index in [0.29, 0.717) is 32.9 Å². The first kappa shape index (κ1) is 18.6. The summed E-state index contributed by atoms with van der Waals surface area (Å²) in [5.74, 6) is -0.920. The van der Waals surface area contributed by atoms with Gasteiger partial charge < -0.3 is 10.1 Å². The molecule has 0 radical (unpaired) electrons. The minimum atomic E-state index is -0.721. The average Bonchev–Trinajstić information content (AvgIpc) is 3.19. The molecule has 1 N–H and O–H groups in total. The smallest absolute Gasteiger partial charge is 0.196 e. The summed E-state index contributed by atoms with van der Waals surface area (Å²) in [6.45, 7) is 1.89. The number of aldehydes is 1. The number of aryl methyl sites for hydroxylation is 1. The maximum Gasteiger partial charge on any atom is 0.196 e. The Morgan fingerprint density at radius 1 is 1.29 bits per heavy atom. The second-order valence-corrected chi connectivity index (χ2v) is 7.45. The summed E-state index contributed by atoms with van der Waals surface area (Å²) in [6, 6.07) is 8.82. The number of nitrogens with zero attached hydrogens (tertiary/aromatic N) is 2. The van der Waals surface area contributed by atoms with Gasteiger partial charge in [0.2, 0.25) is 0 Å². The third kappa shape index (κ3) is 3.16. The molecule has 4 rings (SSSR count). The first-order chi connectivity index (χ1) is 13.5. The number of carbonyl (C=O) groups is 1. The average molecular weight is 418 g/mol. The minimum Gasteiger partial charge on any atom is -0.338 e. The first-order valence-electron chi connectivity index (χ1n) is 8.39. The van der Waals surface area contributed by atoms with Crippen LogP contribution >= 0.6 is 22.9 Å². The molecular weight excluding hydrogens is 404 g/mol. The number of imidazole rings is 1. The van der Waals surface area contributed by atoms with E-state index in [-0.39, 0.29) is 12.0 Å². The molecule has 0 bridgehead atoms. The molecule has 0 fully saturated rings. The van der Waals surface area contributed by atoms with Gasteiger partial charge in [0.05, 0.1) is 10.7 Å². The molecule has 0 saturated heterocycles. The maximum atomic E-state index is 14.5. The summed E-state index contributed by atoms with van der Waals surface area (Å²) >= 11 is 7.69. The monoisotopic (exact) mass is 417 g/mol. The molecule has 0 aliphatic heterocycles. The van der Waals surface area contributed by atoms with Gasteiger partial charge in [0.1, 0.15) is 29.4 Å². The number of carbonyl (C=O) groups excluding carboxylic acids is 1. The zero-order valence-electron chi connectivity index (χ0n) is 14.7. The first-order valence-corrected chi connectivity index (χ1v) is 9.65. The van der Waals surface area contributed by atoms with Gasteiger partial charge in [0.15, 0.2) is 4.96 Å². The van der Waals surface area contributed by atoms with Gasteiger partial charge in [0.25, 0.3) is 0 Å². The van der Waals surface area contributed by atoms with Crippen molar-refractivity contribution < 1.29 is 13.6 Å². The zero-order chi connectivity index (χ0) is 19.8. The predicted octanol–water partition coefficient (Wildman–Crippen LogP) is 5.79. The number of para-hydroxylation sites is 1. The van der Waals surface area contributed by atoms with Crippen LogP contribution in [-0.2, 0) is 11.2 Å². The Bertz CT molecular complexity index is 1180. The quantitative estimate of drug-likeness (QED) is 0.418. The second kappa shape index (κ2) is 7.33. The SMILES string of the molecule is Cc1cccc(Cl)c1Nc1c(-c2ccc(F)cc2F)nc2scc(CC=O)n12. The molecule has 0 amide bonds. The molecule has 142 valence electrons. The van der Waals surface area contributed by atoms with Crippen LogP contribution in [0, 0.1) is 18.6 Å². The Balaban J connectivity index is 1.97. The van der Waals surface area contributed by atoms with Crippen LogP contribution in [0.2, 0.25) is 5.02 Å². The van der Waals surface area contributed by atoms with Crippen LogP contribution in [-0.4, -0.2) is 15.7 Å². The van der Waals surface area contributed by atoms with E-state index < -0.39 is 11.6 Å². The molecule has 0 atom stereocenters. The van der Waals surface area contributed by atoms with Crippen molar-refractivity contribution >= 4 is 45.7 Å². The van der Waals surface area contributed by atoms with Crippen molar-refractivity contribution in [3.63, 3.8) is 0 Å². The number of aromatic nitrogens is 2. The normalized spacial score (nSPS) is 11.1. The number of benzene rings is 2. The molecule has 4 aromatic rings. The fraction of sp³-hybridized carbons (Fsp3) is 0.100. The molecule has 2 aromatic heterocycles. The Kier molecular flexibility index (Phi) is 4.87. The van der Waals surface area contributed by atoms with E-state index in [9.17, 15) is 13.6 Å². The fourth-order valence-corrected chi connectivity index (χ4v) is 4.21. The van der Waals surface area contributed by atoms with Crippen molar-refractivity contribution in [3.8, 4) is 11.3 Å². The standard InChI is InChI=1S/C20H14ClF2N3OS/c1-11-3-2-4-15(21)17(11)24-19-18(14-6-5-12(22)9-16(14)23)25-20-26(19)13(7-8-27)10-28-20/h2-6,8-10,24H,7H2,1H3. The molecule has 8 heteroatoms. The number of nitrogens with one attached hydrogen (secondary N) is 1. The Labute approximate surface area is 168 Å². The van der Waals surface area contributed by atoms with E-state index in [2.05, 4.69) is 10.3 Å². The Morgan fingerprint density at radius 3 is 2.82 bits per heavy atom. The van der Waals surface area contributed by atoms with Crippen LogP contribution in [0.15, 0.2) is 41.8 Å². The highest BCUT2D eigenvalue weighted by Gasteiger charge is 2.22. The fourth-order valence-electron chi connectivity index (χ4n) is 3.04. The molecule has 0 unspecified atom stereocenters. The van der Waals surface area contributed by atoms with Crippen molar-refractivity contribution in [1.82, 2.24) is 9.38 Å². The Hall–Kier alpha value is -2.77. The van der Waals surface area contributed by atoms with E-state index in [4.69, 9.17) is 11.6 Å². The number of fused-ring (bicyclic) bond motifs is 1. The lowest BCUT2D eigenvalue weighted by atomic mass is 10.1. The van der Waals surface area contributed by atoms with Gasteiger partial charge in [0, 0.05) is 29.1 Å². The summed E-state index contributed by atoms with van der Waals surface area (Å²) in [6.07, 6.45) is 0.974. The molecule has 28 heavy (non-hydrogen) atoms. The molecule has 2 heterocycles. The Morgan fingerprint density at radius 2 is 2.11 bits per heavy atom. The second-order valence-electron chi connectivity index (χ2n) is 6.21. The van der Waals surface area contributed by atoms with Crippen LogP contribution in [0.5, 0.6) is 0 Å². The number of hydrogen-bond acceptors (Lipinski definition) is 4. The van der Waals surface area contributed by atoms with Crippen molar-refractivity contribution in [2.24, 2.45) is 0 Å². The van der Waals surface area contributed by atoms with E-state index >= 15 is 0 Å². The summed E-state index contributed by atoms with van der Waals surface area (Å²) in [4.78, 5) is 16.2. The van der Waals surface area contributed by atoms with Gasteiger partial charge in [-0.1, -0.05) is 23.7 Å². The molecule has 0 aliphatic rings. The maximum absolute atomic E-state index is 14.5. The van der Waals surface area contributed by atoms with Gasteiger partial charge in [-0.25, -0.2) is 13.8 Å². The summed E-state index contributed by atoms with van der Waals surface area (Å²) < 4.78 is 29.7. The van der Waals surface area contributed by atoms with Gasteiger partial charge in [-0.15, -0.1) is 11.3 Å². The predicted molar refractivity (Wildman–Crippen MR) is 108 cm³/mol. The van der Waals surface area contributed by atoms with E-state index in [0.717, 1.165) is 17.9 Å². The zero-order valence-corrected chi connectivity index (χ0v) is 16.2. The van der Waals surface area contributed by atoms with Gasteiger partial charge in [-0.2, -0.15) is 0 Å². The summed E-state index contributed by atoms with van der Waals surface area (Å²) in [5, 5.41) is 5.57. The van der Waals surface area contributed by atoms with Crippen molar-refractivity contribution in [3.05, 3.63) is 69.7 Å². The molecular formula is C20H14ClF2N3OS. The lowest BCUT2D eigenvalue weighted by Crippen LogP contribution is -2.02. The van der Waals surface area contributed by atoms with Gasteiger partial charge >= 0.3 is 0 Å². The molecule has 0 saturated carbocycles.